The van der Waals surface area contributed by atoms with Crippen molar-refractivity contribution in [2.75, 3.05) is 20.8 Å². The minimum atomic E-state index is -0.521. The Kier molecular flexibility index (Phi) is 5.76. The molecule has 0 saturated carbocycles. The van der Waals surface area contributed by atoms with E-state index in [9.17, 15) is 14.9 Å². The fourth-order valence-corrected chi connectivity index (χ4v) is 1.54. The number of nitro benzene ring substituents is 1. The Morgan fingerprint density at radius 3 is 2.50 bits per heavy atom. The molecule has 1 atom stereocenters. The van der Waals surface area contributed by atoms with Crippen LogP contribution >= 0.6 is 0 Å². The van der Waals surface area contributed by atoms with E-state index in [2.05, 4.69) is 4.74 Å². The van der Waals surface area contributed by atoms with E-state index >= 15 is 0 Å². The Morgan fingerprint density at radius 1 is 1.30 bits per heavy atom. The molecule has 0 aromatic heterocycles. The maximum atomic E-state index is 11.2. The molecule has 0 spiro atoms. The van der Waals surface area contributed by atoms with Crippen molar-refractivity contribution in [3.63, 3.8) is 0 Å². The van der Waals surface area contributed by atoms with Crippen LogP contribution in [0, 0.1) is 16.0 Å². The first-order valence-corrected chi connectivity index (χ1v) is 6.02. The summed E-state index contributed by atoms with van der Waals surface area (Å²) in [6, 6.07) is 4.17. The van der Waals surface area contributed by atoms with E-state index in [1.165, 1.54) is 26.4 Å². The lowest BCUT2D eigenvalue weighted by atomic mass is 10.1. The lowest BCUT2D eigenvalue weighted by Gasteiger charge is -2.11. The number of nitro groups is 1. The number of rotatable bonds is 7. The second kappa shape index (κ2) is 7.32. The summed E-state index contributed by atoms with van der Waals surface area (Å²) in [6.07, 6.45) is 0.456. The molecule has 7 nitrogen and oxygen atoms in total. The van der Waals surface area contributed by atoms with Crippen molar-refractivity contribution < 1.29 is 23.9 Å². The summed E-state index contributed by atoms with van der Waals surface area (Å²) in [6.45, 7) is 1.98. The molecular weight excluding hydrogens is 266 g/mol. The minimum Gasteiger partial charge on any atom is -0.496 e. The Morgan fingerprint density at radius 2 is 1.95 bits per heavy atom. The largest absolute Gasteiger partial charge is 0.496 e. The van der Waals surface area contributed by atoms with Gasteiger partial charge in [-0.05, 0) is 6.42 Å². The van der Waals surface area contributed by atoms with Crippen molar-refractivity contribution >= 4 is 11.7 Å². The molecule has 1 rings (SSSR count). The Labute approximate surface area is 116 Å². The molecule has 1 aromatic carbocycles. The number of methoxy groups -OCH3 is 2. The van der Waals surface area contributed by atoms with Gasteiger partial charge >= 0.3 is 5.97 Å². The zero-order valence-electron chi connectivity index (χ0n) is 11.6. The molecule has 0 aliphatic rings. The molecule has 0 aliphatic heterocycles. The summed E-state index contributed by atoms with van der Waals surface area (Å²) in [4.78, 5) is 21.5. The SMILES string of the molecule is COC(=O)C(C)CCOc1cc(OC)cc([N+](=O)[O-])c1. The van der Waals surface area contributed by atoms with Gasteiger partial charge in [-0.25, -0.2) is 0 Å². The first kappa shape index (κ1) is 15.7. The quantitative estimate of drug-likeness (QED) is 0.433. The van der Waals surface area contributed by atoms with Crippen LogP contribution in [0.25, 0.3) is 0 Å². The van der Waals surface area contributed by atoms with Crippen LogP contribution in [-0.4, -0.2) is 31.7 Å². The molecule has 1 unspecified atom stereocenters. The highest BCUT2D eigenvalue weighted by molar-refractivity contribution is 5.71. The molecule has 0 saturated heterocycles. The number of hydrogen-bond acceptors (Lipinski definition) is 6. The number of hydrogen-bond donors (Lipinski definition) is 0. The Bertz CT molecular complexity index is 488. The molecule has 0 heterocycles. The number of nitrogens with zero attached hydrogens (tertiary/aromatic N) is 1. The van der Waals surface area contributed by atoms with E-state index in [4.69, 9.17) is 9.47 Å². The van der Waals surface area contributed by atoms with Crippen LogP contribution in [0.4, 0.5) is 5.69 Å². The van der Waals surface area contributed by atoms with Crippen LogP contribution in [0.15, 0.2) is 18.2 Å². The van der Waals surface area contributed by atoms with Gasteiger partial charge in [0.15, 0.2) is 0 Å². The first-order chi connectivity index (χ1) is 9.47. The Hall–Kier alpha value is -2.31. The predicted molar refractivity (Wildman–Crippen MR) is 70.9 cm³/mol. The van der Waals surface area contributed by atoms with Crippen molar-refractivity contribution in [3.8, 4) is 11.5 Å². The van der Waals surface area contributed by atoms with E-state index < -0.39 is 4.92 Å². The van der Waals surface area contributed by atoms with Crippen LogP contribution < -0.4 is 9.47 Å². The fourth-order valence-electron chi connectivity index (χ4n) is 1.54. The van der Waals surface area contributed by atoms with Crippen LogP contribution in [0.2, 0.25) is 0 Å². The highest BCUT2D eigenvalue weighted by Crippen LogP contribution is 2.27. The summed E-state index contributed by atoms with van der Waals surface area (Å²) in [5.74, 6) is 0.0640. The molecule has 0 N–H and O–H groups in total. The zero-order chi connectivity index (χ0) is 15.1. The highest BCUT2D eigenvalue weighted by atomic mass is 16.6. The fraction of sp³-hybridized carbons (Fsp3) is 0.462. The Balaban J connectivity index is 2.65. The lowest BCUT2D eigenvalue weighted by molar-refractivity contribution is -0.385. The van der Waals surface area contributed by atoms with Gasteiger partial charge in [0.1, 0.15) is 11.5 Å². The summed E-state index contributed by atoms with van der Waals surface area (Å²) < 4.78 is 15.0. The van der Waals surface area contributed by atoms with Gasteiger partial charge in [0.2, 0.25) is 0 Å². The van der Waals surface area contributed by atoms with Crippen molar-refractivity contribution in [2.45, 2.75) is 13.3 Å². The number of esters is 1. The third-order valence-electron chi connectivity index (χ3n) is 2.73. The average Bonchev–Trinajstić information content (AvgIpc) is 2.45. The number of benzene rings is 1. The third-order valence-corrected chi connectivity index (χ3v) is 2.73. The molecule has 110 valence electrons. The molecule has 0 bridgehead atoms. The summed E-state index contributed by atoms with van der Waals surface area (Å²) in [5.41, 5.74) is -0.111. The van der Waals surface area contributed by atoms with Crippen molar-refractivity contribution in [3.05, 3.63) is 28.3 Å². The van der Waals surface area contributed by atoms with Crippen LogP contribution in [0.1, 0.15) is 13.3 Å². The lowest BCUT2D eigenvalue weighted by Crippen LogP contribution is -2.15. The van der Waals surface area contributed by atoms with Gasteiger partial charge in [0.05, 0.1) is 43.8 Å². The normalized spacial score (nSPS) is 11.6. The molecule has 20 heavy (non-hydrogen) atoms. The average molecular weight is 283 g/mol. The molecule has 0 amide bonds. The monoisotopic (exact) mass is 283 g/mol. The van der Waals surface area contributed by atoms with Crippen LogP contribution in [0.3, 0.4) is 0 Å². The minimum absolute atomic E-state index is 0.111. The van der Waals surface area contributed by atoms with Gasteiger partial charge < -0.3 is 14.2 Å². The molecule has 1 aromatic rings. The number of ether oxygens (including phenoxy) is 3. The zero-order valence-corrected chi connectivity index (χ0v) is 11.6. The summed E-state index contributed by atoms with van der Waals surface area (Å²) in [5, 5.41) is 10.8. The van der Waals surface area contributed by atoms with Crippen molar-refractivity contribution in [1.82, 2.24) is 0 Å². The molecule has 7 heteroatoms. The van der Waals surface area contributed by atoms with Crippen molar-refractivity contribution in [1.29, 1.82) is 0 Å². The summed E-state index contributed by atoms with van der Waals surface area (Å²) >= 11 is 0. The topological polar surface area (TPSA) is 87.9 Å². The maximum absolute atomic E-state index is 11.2. The van der Waals surface area contributed by atoms with Gasteiger partial charge in [-0.3, -0.25) is 14.9 Å². The van der Waals surface area contributed by atoms with E-state index in [1.54, 1.807) is 13.0 Å². The van der Waals surface area contributed by atoms with E-state index in [0.717, 1.165) is 0 Å². The van der Waals surface area contributed by atoms with E-state index in [0.29, 0.717) is 17.9 Å². The number of carbonyl (C=O) groups excluding carboxylic acids is 1. The maximum Gasteiger partial charge on any atom is 0.308 e. The van der Waals surface area contributed by atoms with Crippen LogP contribution in [-0.2, 0) is 9.53 Å². The van der Waals surface area contributed by atoms with Crippen molar-refractivity contribution in [2.24, 2.45) is 5.92 Å². The van der Waals surface area contributed by atoms with Gasteiger partial charge in [0.25, 0.3) is 5.69 Å². The number of carbonyl (C=O) groups is 1. The van der Waals surface area contributed by atoms with Crippen LogP contribution in [0.5, 0.6) is 11.5 Å². The summed E-state index contributed by atoms with van der Waals surface area (Å²) in [7, 11) is 2.74. The second-order valence-electron chi connectivity index (χ2n) is 4.19. The second-order valence-corrected chi connectivity index (χ2v) is 4.19. The predicted octanol–water partition coefficient (Wildman–Crippen LogP) is 2.18. The van der Waals surface area contributed by atoms with E-state index in [1.807, 2.05) is 0 Å². The molecule has 0 radical (unpaired) electrons. The molecular formula is C13H17NO6. The first-order valence-electron chi connectivity index (χ1n) is 6.02. The third kappa shape index (κ3) is 4.42. The van der Waals surface area contributed by atoms with Gasteiger partial charge in [-0.2, -0.15) is 0 Å². The van der Waals surface area contributed by atoms with Gasteiger partial charge in [-0.1, -0.05) is 6.92 Å². The smallest absolute Gasteiger partial charge is 0.308 e. The highest BCUT2D eigenvalue weighted by Gasteiger charge is 2.14. The standard InChI is InChI=1S/C13H17NO6/c1-9(13(15)19-3)4-5-20-12-7-10(14(16)17)6-11(8-12)18-2/h6-9H,4-5H2,1-3H3. The van der Waals surface area contributed by atoms with Gasteiger partial charge in [-0.15, -0.1) is 0 Å². The van der Waals surface area contributed by atoms with E-state index in [-0.39, 0.29) is 24.2 Å². The van der Waals surface area contributed by atoms with Gasteiger partial charge in [0, 0.05) is 6.07 Å². The molecule has 0 aliphatic carbocycles. The molecule has 0 fully saturated rings. The number of non-ortho nitro benzene ring substituents is 1.